The van der Waals surface area contributed by atoms with Gasteiger partial charge in [-0.1, -0.05) is 25.5 Å². The van der Waals surface area contributed by atoms with Gasteiger partial charge in [-0.3, -0.25) is 9.69 Å². The van der Waals surface area contributed by atoms with Gasteiger partial charge in [0.25, 0.3) is 0 Å². The lowest BCUT2D eigenvalue weighted by atomic mass is 10.1. The summed E-state index contributed by atoms with van der Waals surface area (Å²) < 4.78 is 0. The minimum Gasteiger partial charge on any atom is -0.480 e. The van der Waals surface area contributed by atoms with Crippen LogP contribution in [0.5, 0.6) is 0 Å². The Labute approximate surface area is 121 Å². The Balaban J connectivity index is 2.19. The predicted molar refractivity (Wildman–Crippen MR) is 77.3 cm³/mol. The number of fused-ring (bicyclic) bond motifs is 1. The summed E-state index contributed by atoms with van der Waals surface area (Å²) in [4.78, 5) is 36.3. The van der Waals surface area contributed by atoms with Crippen molar-refractivity contribution in [3.8, 4) is 0 Å². The summed E-state index contributed by atoms with van der Waals surface area (Å²) >= 11 is 0. The van der Waals surface area contributed by atoms with Crippen LogP contribution in [-0.4, -0.2) is 35.6 Å². The number of urea groups is 1. The molecule has 1 heterocycles. The molecule has 3 N–H and O–H groups in total. The van der Waals surface area contributed by atoms with Gasteiger partial charge in [0.15, 0.2) is 0 Å². The molecule has 0 aromatic heterocycles. The van der Waals surface area contributed by atoms with Crippen LogP contribution in [0.2, 0.25) is 0 Å². The van der Waals surface area contributed by atoms with Crippen molar-refractivity contribution in [2.75, 3.05) is 16.8 Å². The zero-order chi connectivity index (χ0) is 15.4. The number of carbonyl (C=O) groups excluding carboxylic acids is 2. The highest BCUT2D eigenvalue weighted by atomic mass is 16.4. The number of carboxylic acid groups (broad SMARTS) is 1. The van der Waals surface area contributed by atoms with Crippen LogP contribution in [-0.2, 0) is 9.59 Å². The number of nitrogens with zero attached hydrogens (tertiary/aromatic N) is 1. The molecule has 1 aliphatic heterocycles. The van der Waals surface area contributed by atoms with E-state index in [0.717, 1.165) is 0 Å². The first kappa shape index (κ1) is 14.8. The standard InChI is InChI=1S/C14H17N3O4/c1-2-5-10(13(19)20)16-14(21)17-8-12(18)15-9-6-3-4-7-11(9)17/h3-4,6-7,10H,2,5,8H2,1H3,(H,15,18)(H,16,21)(H,19,20)/t10-/m1/s1. The first-order chi connectivity index (χ1) is 10.0. The van der Waals surface area contributed by atoms with E-state index in [1.807, 2.05) is 6.92 Å². The average Bonchev–Trinajstić information content (AvgIpc) is 2.45. The molecule has 1 aliphatic rings. The molecule has 0 fully saturated rings. The number of hydrogen-bond acceptors (Lipinski definition) is 3. The highest BCUT2D eigenvalue weighted by molar-refractivity contribution is 6.09. The summed E-state index contributed by atoms with van der Waals surface area (Å²) in [5.74, 6) is -1.40. The Bertz CT molecular complexity index is 573. The van der Waals surface area contributed by atoms with Crippen LogP contribution < -0.4 is 15.5 Å². The molecular weight excluding hydrogens is 274 g/mol. The molecule has 0 aliphatic carbocycles. The van der Waals surface area contributed by atoms with Gasteiger partial charge in [-0.05, 0) is 18.6 Å². The highest BCUT2D eigenvalue weighted by Crippen LogP contribution is 2.28. The van der Waals surface area contributed by atoms with Crippen molar-refractivity contribution in [2.24, 2.45) is 0 Å². The Morgan fingerprint density at radius 3 is 2.81 bits per heavy atom. The van der Waals surface area contributed by atoms with Gasteiger partial charge in [-0.25, -0.2) is 9.59 Å². The molecule has 1 atom stereocenters. The molecule has 1 aromatic carbocycles. The summed E-state index contributed by atoms with van der Waals surface area (Å²) in [6, 6.07) is 5.34. The van der Waals surface area contributed by atoms with E-state index in [-0.39, 0.29) is 12.5 Å². The van der Waals surface area contributed by atoms with Gasteiger partial charge in [0.1, 0.15) is 12.6 Å². The van der Waals surface area contributed by atoms with Crippen molar-refractivity contribution in [3.63, 3.8) is 0 Å². The zero-order valence-electron chi connectivity index (χ0n) is 11.6. The van der Waals surface area contributed by atoms with Crippen molar-refractivity contribution in [1.82, 2.24) is 5.32 Å². The lowest BCUT2D eigenvalue weighted by Crippen LogP contribution is -2.51. The molecule has 0 bridgehead atoms. The number of carbonyl (C=O) groups is 3. The fourth-order valence-electron chi connectivity index (χ4n) is 2.19. The number of rotatable bonds is 4. The first-order valence-electron chi connectivity index (χ1n) is 6.72. The second kappa shape index (κ2) is 6.25. The van der Waals surface area contributed by atoms with Crippen LogP contribution in [0.3, 0.4) is 0 Å². The molecule has 1 aromatic rings. The fraction of sp³-hybridized carbons (Fsp3) is 0.357. The van der Waals surface area contributed by atoms with Gasteiger partial charge in [0, 0.05) is 0 Å². The zero-order valence-corrected chi connectivity index (χ0v) is 11.6. The second-order valence-corrected chi connectivity index (χ2v) is 4.78. The van der Waals surface area contributed by atoms with Gasteiger partial charge in [0.05, 0.1) is 11.4 Å². The van der Waals surface area contributed by atoms with Crippen molar-refractivity contribution in [2.45, 2.75) is 25.8 Å². The topological polar surface area (TPSA) is 98.7 Å². The molecule has 2 rings (SSSR count). The maximum absolute atomic E-state index is 12.3. The third-order valence-electron chi connectivity index (χ3n) is 3.19. The Morgan fingerprint density at radius 2 is 2.14 bits per heavy atom. The van der Waals surface area contributed by atoms with E-state index < -0.39 is 18.0 Å². The molecule has 0 unspecified atom stereocenters. The SMILES string of the molecule is CCC[C@@H](NC(=O)N1CC(=O)Nc2ccccc21)C(=O)O. The second-order valence-electron chi connectivity index (χ2n) is 4.78. The van der Waals surface area contributed by atoms with Crippen LogP contribution in [0.4, 0.5) is 16.2 Å². The Hall–Kier alpha value is -2.57. The molecular formula is C14H17N3O4. The number of nitrogens with one attached hydrogen (secondary N) is 2. The van der Waals surface area contributed by atoms with Crippen LogP contribution in [0, 0.1) is 0 Å². The molecule has 3 amide bonds. The third-order valence-corrected chi connectivity index (χ3v) is 3.19. The molecule has 0 radical (unpaired) electrons. The largest absolute Gasteiger partial charge is 0.480 e. The number of aliphatic carboxylic acids is 1. The number of hydrogen-bond donors (Lipinski definition) is 3. The van der Waals surface area contributed by atoms with Crippen LogP contribution >= 0.6 is 0 Å². The van der Waals surface area contributed by atoms with Gasteiger partial charge in [0.2, 0.25) is 5.91 Å². The lowest BCUT2D eigenvalue weighted by molar-refractivity contribution is -0.139. The van der Waals surface area contributed by atoms with E-state index >= 15 is 0 Å². The van der Waals surface area contributed by atoms with E-state index in [4.69, 9.17) is 5.11 Å². The van der Waals surface area contributed by atoms with Crippen LogP contribution in [0.25, 0.3) is 0 Å². The minimum absolute atomic E-state index is 0.138. The van der Waals surface area contributed by atoms with Crippen LogP contribution in [0.1, 0.15) is 19.8 Å². The number of carboxylic acids is 1. The van der Waals surface area contributed by atoms with E-state index in [2.05, 4.69) is 10.6 Å². The predicted octanol–water partition coefficient (Wildman–Crippen LogP) is 1.41. The Morgan fingerprint density at radius 1 is 1.43 bits per heavy atom. The summed E-state index contributed by atoms with van der Waals surface area (Å²) in [6.45, 7) is 1.70. The van der Waals surface area contributed by atoms with Gasteiger partial charge < -0.3 is 15.7 Å². The maximum Gasteiger partial charge on any atom is 0.326 e. The molecule has 7 nitrogen and oxygen atoms in total. The average molecular weight is 291 g/mol. The minimum atomic E-state index is -1.08. The number of para-hydroxylation sites is 2. The molecule has 0 saturated carbocycles. The van der Waals surface area contributed by atoms with Gasteiger partial charge in [-0.2, -0.15) is 0 Å². The lowest BCUT2D eigenvalue weighted by Gasteiger charge is -2.30. The van der Waals surface area contributed by atoms with Crippen molar-refractivity contribution in [1.29, 1.82) is 0 Å². The summed E-state index contributed by atoms with van der Waals surface area (Å²) in [5.41, 5.74) is 1.08. The van der Waals surface area contributed by atoms with Gasteiger partial charge in [-0.15, -0.1) is 0 Å². The molecule has 0 saturated heterocycles. The quantitative estimate of drug-likeness (QED) is 0.781. The molecule has 21 heavy (non-hydrogen) atoms. The smallest absolute Gasteiger partial charge is 0.326 e. The molecule has 0 spiro atoms. The number of benzene rings is 1. The van der Waals surface area contributed by atoms with E-state index in [1.165, 1.54) is 4.90 Å². The Kier molecular flexibility index (Phi) is 4.42. The first-order valence-corrected chi connectivity index (χ1v) is 6.72. The fourth-order valence-corrected chi connectivity index (χ4v) is 2.19. The normalized spacial score (nSPS) is 14.9. The van der Waals surface area contributed by atoms with Crippen molar-refractivity contribution >= 4 is 29.3 Å². The number of anilines is 2. The maximum atomic E-state index is 12.3. The monoisotopic (exact) mass is 291 g/mol. The van der Waals surface area contributed by atoms with Gasteiger partial charge >= 0.3 is 12.0 Å². The summed E-state index contributed by atoms with van der Waals surface area (Å²) in [6.07, 6.45) is 0.969. The van der Waals surface area contributed by atoms with E-state index in [1.54, 1.807) is 24.3 Å². The van der Waals surface area contributed by atoms with E-state index in [0.29, 0.717) is 24.2 Å². The van der Waals surface area contributed by atoms with E-state index in [9.17, 15) is 14.4 Å². The summed E-state index contributed by atoms with van der Waals surface area (Å²) in [7, 11) is 0. The molecule has 112 valence electrons. The molecule has 7 heteroatoms. The summed E-state index contributed by atoms with van der Waals surface area (Å²) in [5, 5.41) is 14.2. The van der Waals surface area contributed by atoms with Crippen molar-refractivity contribution in [3.05, 3.63) is 24.3 Å². The number of amides is 3. The van der Waals surface area contributed by atoms with Crippen LogP contribution in [0.15, 0.2) is 24.3 Å². The third kappa shape index (κ3) is 3.31. The van der Waals surface area contributed by atoms with Crippen molar-refractivity contribution < 1.29 is 19.5 Å². The highest BCUT2D eigenvalue weighted by Gasteiger charge is 2.29.